The lowest BCUT2D eigenvalue weighted by Crippen LogP contribution is -2.52. The summed E-state index contributed by atoms with van der Waals surface area (Å²) in [6.45, 7) is 5.94. The van der Waals surface area contributed by atoms with Crippen LogP contribution in [0.4, 0.5) is 5.69 Å². The minimum absolute atomic E-state index is 0.131. The minimum Gasteiger partial charge on any atom is -0.497 e. The Balaban J connectivity index is 2.43. The molecule has 0 fully saturated rings. The fraction of sp³-hybridized carbons (Fsp3) is 0.462. The molecule has 0 aliphatic heterocycles. The number of ether oxygens (including phenoxy) is 2. The first-order valence-electron chi connectivity index (χ1n) is 11.8. The van der Waals surface area contributed by atoms with Crippen LogP contribution in [0.2, 0.25) is 0 Å². The Morgan fingerprint density at radius 1 is 1.00 bits per heavy atom. The van der Waals surface area contributed by atoms with Gasteiger partial charge in [0, 0.05) is 19.2 Å². The van der Waals surface area contributed by atoms with E-state index in [4.69, 9.17) is 9.47 Å². The third kappa shape index (κ3) is 8.15. The van der Waals surface area contributed by atoms with Gasteiger partial charge in [-0.1, -0.05) is 39.0 Å². The highest BCUT2D eigenvalue weighted by Crippen LogP contribution is 2.24. The molecule has 36 heavy (non-hydrogen) atoms. The van der Waals surface area contributed by atoms with Crippen molar-refractivity contribution in [2.75, 3.05) is 37.9 Å². The molecule has 0 aliphatic rings. The summed E-state index contributed by atoms with van der Waals surface area (Å²) >= 11 is 0. The van der Waals surface area contributed by atoms with E-state index in [0.29, 0.717) is 30.2 Å². The summed E-state index contributed by atoms with van der Waals surface area (Å²) in [5, 5.41) is 2.90. The first kappa shape index (κ1) is 29.0. The second kappa shape index (κ2) is 13.2. The van der Waals surface area contributed by atoms with Gasteiger partial charge in [0.2, 0.25) is 21.8 Å². The van der Waals surface area contributed by atoms with Crippen LogP contribution in [-0.4, -0.2) is 64.7 Å². The zero-order valence-electron chi connectivity index (χ0n) is 21.9. The van der Waals surface area contributed by atoms with Crippen LogP contribution in [0, 0.1) is 5.92 Å². The molecule has 0 bridgehead atoms. The summed E-state index contributed by atoms with van der Waals surface area (Å²) in [6, 6.07) is 12.9. The Hall–Kier alpha value is -3.27. The van der Waals surface area contributed by atoms with Gasteiger partial charge in [-0.25, -0.2) is 8.42 Å². The van der Waals surface area contributed by atoms with Crippen LogP contribution in [0.5, 0.6) is 11.5 Å². The first-order chi connectivity index (χ1) is 17.0. The molecule has 0 saturated carbocycles. The van der Waals surface area contributed by atoms with E-state index in [1.807, 2.05) is 32.9 Å². The van der Waals surface area contributed by atoms with Gasteiger partial charge in [0.15, 0.2) is 0 Å². The molecule has 0 unspecified atom stereocenters. The van der Waals surface area contributed by atoms with Crippen LogP contribution in [0.25, 0.3) is 0 Å². The molecule has 9 nitrogen and oxygen atoms in total. The van der Waals surface area contributed by atoms with Crippen LogP contribution in [0.15, 0.2) is 48.5 Å². The SMILES string of the molecule is CC[C@@H](C(=O)NCC(C)C)N(Cc1ccc(OC)cc1)C(=O)CN(c1cccc(OC)c1)S(C)(=O)=O. The fourth-order valence-electron chi connectivity index (χ4n) is 3.65. The third-order valence-electron chi connectivity index (χ3n) is 5.60. The number of hydrogen-bond acceptors (Lipinski definition) is 6. The molecule has 0 spiro atoms. The predicted octanol–water partition coefficient (Wildman–Crippen LogP) is 3.05. The zero-order chi connectivity index (χ0) is 26.9. The van der Waals surface area contributed by atoms with E-state index in [-0.39, 0.29) is 18.4 Å². The highest BCUT2D eigenvalue weighted by molar-refractivity contribution is 7.92. The molecule has 2 amide bonds. The second-order valence-corrected chi connectivity index (χ2v) is 10.8. The van der Waals surface area contributed by atoms with Gasteiger partial charge in [-0.2, -0.15) is 0 Å². The average Bonchev–Trinajstić information content (AvgIpc) is 2.85. The molecule has 1 N–H and O–H groups in total. The van der Waals surface area contributed by atoms with Crippen molar-refractivity contribution in [3.05, 3.63) is 54.1 Å². The molecule has 2 aromatic carbocycles. The maximum Gasteiger partial charge on any atom is 0.244 e. The standard InChI is InChI=1S/C26H37N3O6S/c1-7-24(26(31)27-16-19(2)3)28(17-20-11-13-22(34-4)14-12-20)25(30)18-29(36(6,32)33)21-9-8-10-23(15-21)35-5/h8-15,19,24H,7,16-18H2,1-6H3,(H,27,31)/t24-/m0/s1. The molecular weight excluding hydrogens is 482 g/mol. The number of amides is 2. The van der Waals surface area contributed by atoms with Crippen molar-refractivity contribution in [2.45, 2.75) is 39.8 Å². The maximum absolute atomic E-state index is 13.7. The number of anilines is 1. The molecule has 198 valence electrons. The van der Waals surface area contributed by atoms with E-state index < -0.39 is 28.5 Å². The summed E-state index contributed by atoms with van der Waals surface area (Å²) in [5.41, 5.74) is 1.08. The number of benzene rings is 2. The Kier molecular flexibility index (Phi) is 10.6. The molecule has 2 rings (SSSR count). The smallest absolute Gasteiger partial charge is 0.244 e. The van der Waals surface area contributed by atoms with E-state index in [9.17, 15) is 18.0 Å². The number of carbonyl (C=O) groups is 2. The van der Waals surface area contributed by atoms with E-state index in [1.54, 1.807) is 43.5 Å². The van der Waals surface area contributed by atoms with Gasteiger partial charge >= 0.3 is 0 Å². The number of hydrogen-bond donors (Lipinski definition) is 1. The summed E-state index contributed by atoms with van der Waals surface area (Å²) in [6.07, 6.45) is 1.41. The highest BCUT2D eigenvalue weighted by atomic mass is 32.2. The number of methoxy groups -OCH3 is 2. The van der Waals surface area contributed by atoms with Crippen LogP contribution in [0.3, 0.4) is 0 Å². The van der Waals surface area contributed by atoms with Gasteiger partial charge in [0.25, 0.3) is 0 Å². The molecule has 0 aliphatic carbocycles. The predicted molar refractivity (Wildman–Crippen MR) is 141 cm³/mol. The van der Waals surface area contributed by atoms with Crippen molar-refractivity contribution >= 4 is 27.5 Å². The molecule has 10 heteroatoms. The molecule has 0 radical (unpaired) electrons. The van der Waals surface area contributed by atoms with Crippen LogP contribution >= 0.6 is 0 Å². The molecule has 0 aromatic heterocycles. The lowest BCUT2D eigenvalue weighted by Gasteiger charge is -2.33. The maximum atomic E-state index is 13.7. The highest BCUT2D eigenvalue weighted by Gasteiger charge is 2.31. The summed E-state index contributed by atoms with van der Waals surface area (Å²) in [7, 11) is -0.770. The number of nitrogens with zero attached hydrogens (tertiary/aromatic N) is 2. The van der Waals surface area contributed by atoms with Crippen molar-refractivity contribution in [3.63, 3.8) is 0 Å². The van der Waals surface area contributed by atoms with E-state index in [0.717, 1.165) is 16.1 Å². The van der Waals surface area contributed by atoms with E-state index in [2.05, 4.69) is 5.32 Å². The number of sulfonamides is 1. The largest absolute Gasteiger partial charge is 0.497 e. The Morgan fingerprint density at radius 2 is 1.64 bits per heavy atom. The van der Waals surface area contributed by atoms with Crippen LogP contribution in [0.1, 0.15) is 32.8 Å². The number of rotatable bonds is 13. The molecule has 1 atom stereocenters. The normalized spacial score (nSPS) is 12.1. The second-order valence-electron chi connectivity index (χ2n) is 8.90. The van der Waals surface area contributed by atoms with Crippen molar-refractivity contribution < 1.29 is 27.5 Å². The topological polar surface area (TPSA) is 105 Å². The Bertz CT molecular complexity index is 1120. The molecular formula is C26H37N3O6S. The van der Waals surface area contributed by atoms with Gasteiger partial charge < -0.3 is 19.7 Å². The van der Waals surface area contributed by atoms with E-state index >= 15 is 0 Å². The van der Waals surface area contributed by atoms with E-state index in [1.165, 1.54) is 12.0 Å². The quantitative estimate of drug-likeness (QED) is 0.436. The molecule has 0 saturated heterocycles. The Morgan fingerprint density at radius 3 is 2.17 bits per heavy atom. The minimum atomic E-state index is -3.81. The zero-order valence-corrected chi connectivity index (χ0v) is 22.7. The van der Waals surface area contributed by atoms with Crippen molar-refractivity contribution in [1.82, 2.24) is 10.2 Å². The van der Waals surface area contributed by atoms with Crippen molar-refractivity contribution in [1.29, 1.82) is 0 Å². The average molecular weight is 520 g/mol. The Labute approximate surface area is 214 Å². The van der Waals surface area contributed by atoms with Gasteiger partial charge in [0.05, 0.1) is 26.2 Å². The molecule has 0 heterocycles. The third-order valence-corrected chi connectivity index (χ3v) is 6.74. The summed E-state index contributed by atoms with van der Waals surface area (Å²) in [4.78, 5) is 28.2. The monoisotopic (exact) mass is 519 g/mol. The number of nitrogens with one attached hydrogen (secondary N) is 1. The van der Waals surface area contributed by atoms with Crippen LogP contribution < -0.4 is 19.1 Å². The van der Waals surface area contributed by atoms with Crippen molar-refractivity contribution in [2.24, 2.45) is 5.92 Å². The van der Waals surface area contributed by atoms with Gasteiger partial charge in [0.1, 0.15) is 24.1 Å². The summed E-state index contributed by atoms with van der Waals surface area (Å²) < 4.78 is 36.8. The lowest BCUT2D eigenvalue weighted by molar-refractivity contribution is -0.140. The van der Waals surface area contributed by atoms with Gasteiger partial charge in [-0.3, -0.25) is 13.9 Å². The van der Waals surface area contributed by atoms with Gasteiger partial charge in [-0.15, -0.1) is 0 Å². The van der Waals surface area contributed by atoms with Crippen LogP contribution in [-0.2, 0) is 26.2 Å². The molecule has 2 aromatic rings. The number of carbonyl (C=O) groups excluding carboxylic acids is 2. The van der Waals surface area contributed by atoms with Crippen molar-refractivity contribution in [3.8, 4) is 11.5 Å². The van der Waals surface area contributed by atoms with Gasteiger partial charge in [-0.05, 0) is 42.2 Å². The lowest BCUT2D eigenvalue weighted by atomic mass is 10.1. The first-order valence-corrected chi connectivity index (χ1v) is 13.7. The summed E-state index contributed by atoms with van der Waals surface area (Å²) in [5.74, 6) is 0.597. The fourth-order valence-corrected chi connectivity index (χ4v) is 4.49.